The van der Waals surface area contributed by atoms with Crippen LogP contribution in [0.2, 0.25) is 0 Å². The van der Waals surface area contributed by atoms with Crippen molar-refractivity contribution in [2.24, 2.45) is 0 Å². The number of benzene rings is 1. The molecule has 0 bridgehead atoms. The fourth-order valence-corrected chi connectivity index (χ4v) is 2.48. The minimum Gasteiger partial charge on any atom is -0.383 e. The molecule has 1 aliphatic rings. The second-order valence-electron chi connectivity index (χ2n) is 5.82. The first-order valence-electron chi connectivity index (χ1n) is 6.95. The maximum Gasteiger partial charge on any atom is 0.110 e. The molecule has 1 aromatic carbocycles. The number of hydrogen-bond donors (Lipinski definition) is 1. The lowest BCUT2D eigenvalue weighted by Gasteiger charge is -2.27. The number of hydrogen-bond acceptors (Lipinski definition) is 2. The fourth-order valence-electron chi connectivity index (χ4n) is 2.48. The van der Waals surface area contributed by atoms with Crippen LogP contribution < -0.4 is 0 Å². The molecule has 18 heavy (non-hydrogen) atoms. The van der Waals surface area contributed by atoms with Crippen LogP contribution in [0.4, 0.5) is 0 Å². The number of aryl methyl sites for hydroxylation is 2. The molecule has 0 heterocycles. The highest BCUT2D eigenvalue weighted by Crippen LogP contribution is 2.28. The molecular formula is C16H24O2. The summed E-state index contributed by atoms with van der Waals surface area (Å²) in [5.41, 5.74) is 2.94. The van der Waals surface area contributed by atoms with Crippen molar-refractivity contribution in [1.29, 1.82) is 0 Å². The normalized spacial score (nSPS) is 18.5. The summed E-state index contributed by atoms with van der Waals surface area (Å²) in [7, 11) is 0. The van der Waals surface area contributed by atoms with Gasteiger partial charge in [-0.3, -0.25) is 0 Å². The van der Waals surface area contributed by atoms with Crippen molar-refractivity contribution in [2.75, 3.05) is 6.61 Å². The van der Waals surface area contributed by atoms with E-state index in [1.807, 2.05) is 26.8 Å². The van der Waals surface area contributed by atoms with E-state index in [-0.39, 0.29) is 6.10 Å². The van der Waals surface area contributed by atoms with Gasteiger partial charge in [0.25, 0.3) is 0 Å². The van der Waals surface area contributed by atoms with E-state index in [0.29, 0.717) is 6.61 Å². The highest BCUT2D eigenvalue weighted by molar-refractivity contribution is 5.36. The molecule has 0 radical (unpaired) electrons. The molecule has 0 spiro atoms. The van der Waals surface area contributed by atoms with Crippen LogP contribution in [0.15, 0.2) is 18.2 Å². The van der Waals surface area contributed by atoms with E-state index >= 15 is 0 Å². The van der Waals surface area contributed by atoms with E-state index in [1.165, 1.54) is 30.4 Å². The SMILES string of the molecule is CC(C)OCC(C)(O)c1ccc2c(c1)CCCC2. The summed E-state index contributed by atoms with van der Waals surface area (Å²) in [6, 6.07) is 6.39. The molecule has 2 heteroatoms. The van der Waals surface area contributed by atoms with Gasteiger partial charge in [-0.1, -0.05) is 18.2 Å². The Balaban J connectivity index is 2.16. The van der Waals surface area contributed by atoms with Gasteiger partial charge in [0.05, 0.1) is 12.7 Å². The standard InChI is InChI=1S/C16H24O2/c1-12(2)18-11-16(3,17)15-9-8-13-6-4-5-7-14(13)10-15/h8-10,12,17H,4-7,11H2,1-3H3. The highest BCUT2D eigenvalue weighted by Gasteiger charge is 2.25. The quantitative estimate of drug-likeness (QED) is 0.886. The van der Waals surface area contributed by atoms with Crippen LogP contribution in [0.3, 0.4) is 0 Å². The zero-order chi connectivity index (χ0) is 13.2. The molecule has 100 valence electrons. The summed E-state index contributed by atoms with van der Waals surface area (Å²) in [6.07, 6.45) is 5.03. The zero-order valence-corrected chi connectivity index (χ0v) is 11.7. The molecule has 1 atom stereocenters. The van der Waals surface area contributed by atoms with Crippen molar-refractivity contribution >= 4 is 0 Å². The second-order valence-corrected chi connectivity index (χ2v) is 5.82. The summed E-state index contributed by atoms with van der Waals surface area (Å²) in [5.74, 6) is 0. The monoisotopic (exact) mass is 248 g/mol. The van der Waals surface area contributed by atoms with Gasteiger partial charge in [0.1, 0.15) is 5.60 Å². The first kappa shape index (κ1) is 13.6. The smallest absolute Gasteiger partial charge is 0.110 e. The number of ether oxygens (including phenoxy) is 1. The second kappa shape index (κ2) is 5.41. The Morgan fingerprint density at radius 3 is 2.56 bits per heavy atom. The summed E-state index contributed by atoms with van der Waals surface area (Å²) in [5, 5.41) is 10.5. The van der Waals surface area contributed by atoms with Crippen LogP contribution in [-0.4, -0.2) is 17.8 Å². The van der Waals surface area contributed by atoms with Gasteiger partial charge < -0.3 is 9.84 Å². The topological polar surface area (TPSA) is 29.5 Å². The summed E-state index contributed by atoms with van der Waals surface area (Å²) in [6.45, 7) is 6.16. The Labute approximate surface area is 110 Å². The Bertz CT molecular complexity index is 408. The van der Waals surface area contributed by atoms with Gasteiger partial charge in [-0.05, 0) is 63.1 Å². The molecule has 0 fully saturated rings. The predicted molar refractivity (Wildman–Crippen MR) is 73.7 cm³/mol. The minimum atomic E-state index is -0.892. The molecule has 0 aromatic heterocycles. The molecule has 1 aliphatic carbocycles. The molecule has 0 saturated heterocycles. The van der Waals surface area contributed by atoms with Gasteiger partial charge in [-0.25, -0.2) is 0 Å². The van der Waals surface area contributed by atoms with E-state index in [0.717, 1.165) is 12.0 Å². The van der Waals surface area contributed by atoms with Crippen LogP contribution in [-0.2, 0) is 23.2 Å². The van der Waals surface area contributed by atoms with E-state index in [9.17, 15) is 5.11 Å². The maximum atomic E-state index is 10.5. The summed E-state index contributed by atoms with van der Waals surface area (Å²) < 4.78 is 5.56. The molecular weight excluding hydrogens is 224 g/mol. The van der Waals surface area contributed by atoms with Gasteiger partial charge in [0, 0.05) is 0 Å². The molecule has 1 aromatic rings. The van der Waals surface area contributed by atoms with Gasteiger partial charge in [-0.2, -0.15) is 0 Å². The van der Waals surface area contributed by atoms with Crippen molar-refractivity contribution in [3.63, 3.8) is 0 Å². The van der Waals surface area contributed by atoms with E-state index in [2.05, 4.69) is 12.1 Å². The lowest BCUT2D eigenvalue weighted by molar-refractivity contribution is -0.0575. The lowest BCUT2D eigenvalue weighted by atomic mass is 9.87. The average Bonchev–Trinajstić information content (AvgIpc) is 2.36. The summed E-state index contributed by atoms with van der Waals surface area (Å²) in [4.78, 5) is 0. The van der Waals surface area contributed by atoms with Crippen LogP contribution in [0.1, 0.15) is 50.3 Å². The van der Waals surface area contributed by atoms with Crippen LogP contribution in [0, 0.1) is 0 Å². The van der Waals surface area contributed by atoms with Crippen LogP contribution in [0.5, 0.6) is 0 Å². The largest absolute Gasteiger partial charge is 0.383 e. The van der Waals surface area contributed by atoms with Crippen molar-refractivity contribution in [3.8, 4) is 0 Å². The number of aliphatic hydroxyl groups is 1. The summed E-state index contributed by atoms with van der Waals surface area (Å²) >= 11 is 0. The van der Waals surface area contributed by atoms with E-state index in [4.69, 9.17) is 4.74 Å². The molecule has 1 unspecified atom stereocenters. The van der Waals surface area contributed by atoms with Gasteiger partial charge in [-0.15, -0.1) is 0 Å². The van der Waals surface area contributed by atoms with Crippen molar-refractivity contribution < 1.29 is 9.84 Å². The maximum absolute atomic E-state index is 10.5. The first-order valence-corrected chi connectivity index (χ1v) is 6.95. The third-order valence-electron chi connectivity index (χ3n) is 3.67. The van der Waals surface area contributed by atoms with E-state index in [1.54, 1.807) is 0 Å². The predicted octanol–water partition coefficient (Wildman–Crippen LogP) is 3.20. The third kappa shape index (κ3) is 3.12. The van der Waals surface area contributed by atoms with Crippen LogP contribution in [0.25, 0.3) is 0 Å². The third-order valence-corrected chi connectivity index (χ3v) is 3.67. The Morgan fingerprint density at radius 2 is 1.89 bits per heavy atom. The van der Waals surface area contributed by atoms with Gasteiger partial charge >= 0.3 is 0 Å². The molecule has 0 amide bonds. The zero-order valence-electron chi connectivity index (χ0n) is 11.7. The van der Waals surface area contributed by atoms with E-state index < -0.39 is 5.60 Å². The van der Waals surface area contributed by atoms with Gasteiger partial charge in [0.15, 0.2) is 0 Å². The first-order chi connectivity index (χ1) is 8.49. The number of fused-ring (bicyclic) bond motifs is 1. The van der Waals surface area contributed by atoms with Crippen molar-refractivity contribution in [1.82, 2.24) is 0 Å². The lowest BCUT2D eigenvalue weighted by Crippen LogP contribution is -2.29. The van der Waals surface area contributed by atoms with Gasteiger partial charge in [0.2, 0.25) is 0 Å². The Morgan fingerprint density at radius 1 is 1.22 bits per heavy atom. The molecule has 0 aliphatic heterocycles. The Kier molecular flexibility index (Phi) is 4.08. The molecule has 2 nitrogen and oxygen atoms in total. The molecule has 0 saturated carbocycles. The van der Waals surface area contributed by atoms with Crippen molar-refractivity contribution in [2.45, 2.75) is 58.2 Å². The highest BCUT2D eigenvalue weighted by atomic mass is 16.5. The molecule has 1 N–H and O–H groups in total. The van der Waals surface area contributed by atoms with Crippen molar-refractivity contribution in [3.05, 3.63) is 34.9 Å². The Hall–Kier alpha value is -0.860. The van der Waals surface area contributed by atoms with Crippen LogP contribution >= 0.6 is 0 Å². The average molecular weight is 248 g/mol. The minimum absolute atomic E-state index is 0.147. The molecule has 2 rings (SSSR count). The fraction of sp³-hybridized carbons (Fsp3) is 0.625. The number of rotatable bonds is 4.